The molecule has 0 aliphatic rings. The van der Waals surface area contributed by atoms with Crippen molar-refractivity contribution in [3.8, 4) is 0 Å². The summed E-state index contributed by atoms with van der Waals surface area (Å²) in [6.07, 6.45) is 5.11. The highest BCUT2D eigenvalue weighted by molar-refractivity contribution is 5.32. The average molecular weight is 250 g/mol. The van der Waals surface area contributed by atoms with E-state index in [0.717, 1.165) is 32.4 Å². The second-order valence-electron chi connectivity index (χ2n) is 5.04. The highest BCUT2D eigenvalue weighted by Gasteiger charge is 2.09. The fraction of sp³-hybridized carbons (Fsp3) is 0.643. The Kier molecular flexibility index (Phi) is 6.68. The van der Waals surface area contributed by atoms with E-state index in [1.165, 1.54) is 5.56 Å². The van der Waals surface area contributed by atoms with E-state index in [1.54, 1.807) is 6.20 Å². The Morgan fingerprint density at radius 3 is 2.83 bits per heavy atom. The lowest BCUT2D eigenvalue weighted by molar-refractivity contribution is 0.356. The maximum atomic E-state index is 5.72. The summed E-state index contributed by atoms with van der Waals surface area (Å²) in [6.45, 7) is 4.36. The molecule has 1 aromatic rings. The lowest BCUT2D eigenvalue weighted by atomic mass is 10.0. The van der Waals surface area contributed by atoms with E-state index in [0.29, 0.717) is 11.9 Å². The summed E-state index contributed by atoms with van der Waals surface area (Å²) in [6, 6.07) is 4.53. The first-order valence-electron chi connectivity index (χ1n) is 6.70. The van der Waals surface area contributed by atoms with Crippen LogP contribution in [0.4, 0.5) is 5.82 Å². The SMILES string of the molecule is CCCNC(CCN(C)C)Cc1ccnc(N)c1. The Balaban J connectivity index is 2.53. The quantitative estimate of drug-likeness (QED) is 0.734. The number of aromatic nitrogens is 1. The van der Waals surface area contributed by atoms with E-state index in [9.17, 15) is 0 Å². The number of nitrogens with one attached hydrogen (secondary N) is 1. The van der Waals surface area contributed by atoms with Gasteiger partial charge < -0.3 is 16.0 Å². The Morgan fingerprint density at radius 1 is 1.44 bits per heavy atom. The number of hydrogen-bond donors (Lipinski definition) is 2. The maximum absolute atomic E-state index is 5.72. The van der Waals surface area contributed by atoms with Gasteiger partial charge >= 0.3 is 0 Å². The van der Waals surface area contributed by atoms with Crippen molar-refractivity contribution < 1.29 is 0 Å². The molecule has 4 nitrogen and oxygen atoms in total. The summed E-state index contributed by atoms with van der Waals surface area (Å²) in [7, 11) is 4.22. The van der Waals surface area contributed by atoms with Crippen LogP contribution in [0.3, 0.4) is 0 Å². The Hall–Kier alpha value is -1.13. The highest BCUT2D eigenvalue weighted by Crippen LogP contribution is 2.08. The molecule has 0 fully saturated rings. The molecule has 0 saturated carbocycles. The second kappa shape index (κ2) is 8.06. The first kappa shape index (κ1) is 14.9. The molecule has 1 heterocycles. The van der Waals surface area contributed by atoms with E-state index in [4.69, 9.17) is 5.73 Å². The van der Waals surface area contributed by atoms with E-state index < -0.39 is 0 Å². The van der Waals surface area contributed by atoms with Crippen LogP contribution in [0.5, 0.6) is 0 Å². The molecule has 0 spiro atoms. The monoisotopic (exact) mass is 250 g/mol. The van der Waals surface area contributed by atoms with Gasteiger partial charge in [0.15, 0.2) is 0 Å². The summed E-state index contributed by atoms with van der Waals surface area (Å²) >= 11 is 0. The average Bonchev–Trinajstić information content (AvgIpc) is 2.32. The topological polar surface area (TPSA) is 54.2 Å². The molecule has 1 aromatic heterocycles. The van der Waals surface area contributed by atoms with Crippen LogP contribution in [0.1, 0.15) is 25.3 Å². The van der Waals surface area contributed by atoms with Gasteiger partial charge in [0, 0.05) is 12.2 Å². The van der Waals surface area contributed by atoms with Crippen molar-refractivity contribution in [1.29, 1.82) is 0 Å². The van der Waals surface area contributed by atoms with E-state index in [2.05, 4.69) is 36.2 Å². The van der Waals surface area contributed by atoms with Gasteiger partial charge in [0.2, 0.25) is 0 Å². The number of pyridine rings is 1. The summed E-state index contributed by atoms with van der Waals surface area (Å²) in [5.74, 6) is 0.606. The third-order valence-corrected chi connectivity index (χ3v) is 2.94. The molecular formula is C14H26N4. The number of nitrogen functional groups attached to an aromatic ring is 1. The number of anilines is 1. The predicted molar refractivity (Wildman–Crippen MR) is 77.6 cm³/mol. The molecule has 3 N–H and O–H groups in total. The molecule has 102 valence electrons. The van der Waals surface area contributed by atoms with Crippen LogP contribution in [0.25, 0.3) is 0 Å². The molecule has 0 aliphatic carbocycles. The second-order valence-corrected chi connectivity index (χ2v) is 5.04. The maximum Gasteiger partial charge on any atom is 0.123 e. The highest BCUT2D eigenvalue weighted by atomic mass is 15.1. The van der Waals surface area contributed by atoms with Gasteiger partial charge in [0.25, 0.3) is 0 Å². The van der Waals surface area contributed by atoms with Gasteiger partial charge in [-0.1, -0.05) is 6.92 Å². The van der Waals surface area contributed by atoms with Crippen LogP contribution in [-0.4, -0.2) is 43.1 Å². The van der Waals surface area contributed by atoms with Crippen molar-refractivity contribution in [1.82, 2.24) is 15.2 Å². The molecule has 1 unspecified atom stereocenters. The minimum atomic E-state index is 0.508. The largest absolute Gasteiger partial charge is 0.384 e. The van der Waals surface area contributed by atoms with Crippen molar-refractivity contribution in [2.75, 3.05) is 32.9 Å². The van der Waals surface area contributed by atoms with Crippen molar-refractivity contribution >= 4 is 5.82 Å². The molecule has 1 rings (SSSR count). The fourth-order valence-corrected chi connectivity index (χ4v) is 1.94. The molecule has 0 aromatic carbocycles. The molecule has 0 radical (unpaired) electrons. The van der Waals surface area contributed by atoms with Gasteiger partial charge in [-0.25, -0.2) is 4.98 Å². The third-order valence-electron chi connectivity index (χ3n) is 2.94. The predicted octanol–water partition coefficient (Wildman–Crippen LogP) is 1.53. The van der Waals surface area contributed by atoms with Crippen molar-refractivity contribution in [3.63, 3.8) is 0 Å². The van der Waals surface area contributed by atoms with Crippen molar-refractivity contribution in [2.45, 2.75) is 32.2 Å². The normalized spacial score (nSPS) is 12.9. The first-order chi connectivity index (χ1) is 8.61. The van der Waals surface area contributed by atoms with Crippen LogP contribution in [0, 0.1) is 0 Å². The van der Waals surface area contributed by atoms with E-state index >= 15 is 0 Å². The molecule has 0 aliphatic heterocycles. The Bertz CT molecular complexity index is 338. The van der Waals surface area contributed by atoms with Crippen LogP contribution in [-0.2, 0) is 6.42 Å². The van der Waals surface area contributed by atoms with Gasteiger partial charge in [0.1, 0.15) is 5.82 Å². The first-order valence-corrected chi connectivity index (χ1v) is 6.70. The molecule has 1 atom stereocenters. The van der Waals surface area contributed by atoms with Gasteiger partial charge in [-0.3, -0.25) is 0 Å². The van der Waals surface area contributed by atoms with Gasteiger partial charge in [-0.2, -0.15) is 0 Å². The zero-order chi connectivity index (χ0) is 13.4. The smallest absolute Gasteiger partial charge is 0.123 e. The Morgan fingerprint density at radius 2 is 2.22 bits per heavy atom. The standard InChI is InChI=1S/C14H26N4/c1-4-7-16-13(6-9-18(2)3)10-12-5-8-17-14(15)11-12/h5,8,11,13,16H,4,6-7,9-10H2,1-3H3,(H2,15,17). The third kappa shape index (κ3) is 5.98. The molecule has 18 heavy (non-hydrogen) atoms. The van der Waals surface area contributed by atoms with Crippen LogP contribution in [0.15, 0.2) is 18.3 Å². The lowest BCUT2D eigenvalue weighted by Crippen LogP contribution is -2.34. The zero-order valence-corrected chi connectivity index (χ0v) is 11.8. The minimum absolute atomic E-state index is 0.508. The Labute approximate surface area is 111 Å². The molecule has 4 heteroatoms. The molecule has 0 amide bonds. The number of nitrogens with two attached hydrogens (primary N) is 1. The van der Waals surface area contributed by atoms with E-state index in [-0.39, 0.29) is 0 Å². The number of nitrogens with zero attached hydrogens (tertiary/aromatic N) is 2. The van der Waals surface area contributed by atoms with Crippen LogP contribution >= 0.6 is 0 Å². The number of hydrogen-bond acceptors (Lipinski definition) is 4. The van der Waals surface area contributed by atoms with Gasteiger partial charge in [-0.15, -0.1) is 0 Å². The summed E-state index contributed by atoms with van der Waals surface area (Å²) in [5.41, 5.74) is 6.98. The molecule has 0 bridgehead atoms. The van der Waals surface area contributed by atoms with Gasteiger partial charge in [0.05, 0.1) is 0 Å². The summed E-state index contributed by atoms with van der Waals surface area (Å²) in [4.78, 5) is 6.26. The fourth-order valence-electron chi connectivity index (χ4n) is 1.94. The molecule has 0 saturated heterocycles. The van der Waals surface area contributed by atoms with Crippen LogP contribution in [0.2, 0.25) is 0 Å². The lowest BCUT2D eigenvalue weighted by Gasteiger charge is -2.20. The van der Waals surface area contributed by atoms with Crippen LogP contribution < -0.4 is 11.1 Å². The van der Waals surface area contributed by atoms with Crippen molar-refractivity contribution in [2.24, 2.45) is 0 Å². The van der Waals surface area contributed by atoms with E-state index in [1.807, 2.05) is 12.1 Å². The summed E-state index contributed by atoms with van der Waals surface area (Å²) < 4.78 is 0. The summed E-state index contributed by atoms with van der Waals surface area (Å²) in [5, 5.41) is 3.60. The zero-order valence-electron chi connectivity index (χ0n) is 11.8. The number of rotatable bonds is 8. The minimum Gasteiger partial charge on any atom is -0.384 e. The van der Waals surface area contributed by atoms with Crippen molar-refractivity contribution in [3.05, 3.63) is 23.9 Å². The molecular weight excluding hydrogens is 224 g/mol. The van der Waals surface area contributed by atoms with Gasteiger partial charge in [-0.05, 0) is 64.1 Å².